The number of nitrogens with zero attached hydrogens (tertiary/aromatic N) is 1. The second-order valence-corrected chi connectivity index (χ2v) is 4.48. The second-order valence-electron chi connectivity index (χ2n) is 4.48. The summed E-state index contributed by atoms with van der Waals surface area (Å²) in [5.41, 5.74) is 1.41. The van der Waals surface area contributed by atoms with Gasteiger partial charge in [-0.1, -0.05) is 18.2 Å². The molecule has 1 aromatic carbocycles. The van der Waals surface area contributed by atoms with E-state index in [-0.39, 0.29) is 0 Å². The van der Waals surface area contributed by atoms with Gasteiger partial charge in [-0.3, -0.25) is 4.98 Å². The molecule has 0 radical (unpaired) electrons. The number of fused-ring (bicyclic) bond motifs is 1. The van der Waals surface area contributed by atoms with Crippen molar-refractivity contribution in [1.29, 1.82) is 0 Å². The van der Waals surface area contributed by atoms with E-state index in [0.29, 0.717) is 23.7 Å². The minimum absolute atomic E-state index is 0.502. The highest BCUT2D eigenvalue weighted by atomic mass is 16.5. The van der Waals surface area contributed by atoms with Crippen LogP contribution in [-0.4, -0.2) is 16.7 Å². The largest absolute Gasteiger partial charge is 0.492 e. The van der Waals surface area contributed by atoms with E-state index in [1.807, 2.05) is 37.3 Å². The van der Waals surface area contributed by atoms with Gasteiger partial charge in [0, 0.05) is 17.1 Å². The number of para-hydroxylation sites is 1. The van der Waals surface area contributed by atoms with E-state index in [9.17, 15) is 5.11 Å². The first-order valence-electron chi connectivity index (χ1n) is 6.52. The summed E-state index contributed by atoms with van der Waals surface area (Å²) in [6.07, 6.45) is 2.38. The molecule has 4 nitrogen and oxygen atoms in total. The SMILES string of the molecule is CCOc1cncc(C(O)c2cc3ccccc3o2)c1. The van der Waals surface area contributed by atoms with Gasteiger partial charge < -0.3 is 14.3 Å². The van der Waals surface area contributed by atoms with Crippen LogP contribution in [0.3, 0.4) is 0 Å². The van der Waals surface area contributed by atoms with Crippen LogP contribution in [0.1, 0.15) is 24.4 Å². The molecule has 102 valence electrons. The number of furan rings is 1. The van der Waals surface area contributed by atoms with Crippen LogP contribution in [0.5, 0.6) is 5.75 Å². The number of benzene rings is 1. The van der Waals surface area contributed by atoms with Crippen molar-refractivity contribution >= 4 is 11.0 Å². The molecule has 0 saturated heterocycles. The number of aliphatic hydroxyl groups is 1. The molecule has 0 aliphatic heterocycles. The molecule has 0 spiro atoms. The van der Waals surface area contributed by atoms with Gasteiger partial charge in [0.1, 0.15) is 23.2 Å². The van der Waals surface area contributed by atoms with E-state index >= 15 is 0 Å². The smallest absolute Gasteiger partial charge is 0.138 e. The Morgan fingerprint density at radius 1 is 1.25 bits per heavy atom. The van der Waals surface area contributed by atoms with Gasteiger partial charge in [0.2, 0.25) is 0 Å². The second kappa shape index (κ2) is 5.35. The lowest BCUT2D eigenvalue weighted by Gasteiger charge is -2.09. The Morgan fingerprint density at radius 2 is 2.10 bits per heavy atom. The molecule has 2 heterocycles. The van der Waals surface area contributed by atoms with Crippen molar-refractivity contribution < 1.29 is 14.3 Å². The van der Waals surface area contributed by atoms with E-state index in [2.05, 4.69) is 4.98 Å². The third kappa shape index (κ3) is 2.38. The number of rotatable bonds is 4. The first-order chi connectivity index (χ1) is 9.78. The topological polar surface area (TPSA) is 55.5 Å². The van der Waals surface area contributed by atoms with Crippen LogP contribution < -0.4 is 4.74 Å². The maximum atomic E-state index is 10.4. The molecule has 1 unspecified atom stereocenters. The van der Waals surface area contributed by atoms with Crippen molar-refractivity contribution in [2.45, 2.75) is 13.0 Å². The lowest BCUT2D eigenvalue weighted by Crippen LogP contribution is -2.00. The van der Waals surface area contributed by atoms with Crippen LogP contribution in [0.2, 0.25) is 0 Å². The molecule has 0 bridgehead atoms. The van der Waals surface area contributed by atoms with E-state index < -0.39 is 6.10 Å². The number of aromatic nitrogens is 1. The van der Waals surface area contributed by atoms with Gasteiger partial charge in [-0.2, -0.15) is 0 Å². The third-order valence-corrected chi connectivity index (χ3v) is 3.08. The van der Waals surface area contributed by atoms with Crippen molar-refractivity contribution in [3.05, 3.63) is 60.1 Å². The summed E-state index contributed by atoms with van der Waals surface area (Å²) in [7, 11) is 0. The van der Waals surface area contributed by atoms with Gasteiger partial charge in [0.15, 0.2) is 0 Å². The highest BCUT2D eigenvalue weighted by Gasteiger charge is 2.16. The highest BCUT2D eigenvalue weighted by Crippen LogP contribution is 2.29. The summed E-state index contributed by atoms with van der Waals surface area (Å²) in [4.78, 5) is 4.08. The zero-order chi connectivity index (χ0) is 13.9. The summed E-state index contributed by atoms with van der Waals surface area (Å²) >= 11 is 0. The van der Waals surface area contributed by atoms with Gasteiger partial charge in [0.25, 0.3) is 0 Å². The quantitative estimate of drug-likeness (QED) is 0.789. The van der Waals surface area contributed by atoms with Gasteiger partial charge in [0.05, 0.1) is 12.8 Å². The van der Waals surface area contributed by atoms with Gasteiger partial charge >= 0.3 is 0 Å². The summed E-state index contributed by atoms with van der Waals surface area (Å²) < 4.78 is 11.1. The Kier molecular flexibility index (Phi) is 3.39. The fourth-order valence-corrected chi connectivity index (χ4v) is 2.13. The fraction of sp³-hybridized carbons (Fsp3) is 0.188. The third-order valence-electron chi connectivity index (χ3n) is 3.08. The minimum atomic E-state index is -0.852. The number of ether oxygens (including phenoxy) is 1. The Hall–Kier alpha value is -2.33. The lowest BCUT2D eigenvalue weighted by molar-refractivity contribution is 0.191. The Labute approximate surface area is 116 Å². The number of hydrogen-bond donors (Lipinski definition) is 1. The molecule has 4 heteroatoms. The summed E-state index contributed by atoms with van der Waals surface area (Å²) in [6.45, 7) is 2.47. The van der Waals surface area contributed by atoms with Gasteiger partial charge in [-0.05, 0) is 25.1 Å². The molecule has 2 aromatic heterocycles. The van der Waals surface area contributed by atoms with Crippen LogP contribution in [0.4, 0.5) is 0 Å². The Morgan fingerprint density at radius 3 is 2.90 bits per heavy atom. The van der Waals surface area contributed by atoms with E-state index in [0.717, 1.165) is 11.0 Å². The maximum absolute atomic E-state index is 10.4. The number of aliphatic hydroxyl groups excluding tert-OH is 1. The zero-order valence-corrected chi connectivity index (χ0v) is 11.1. The standard InChI is InChI=1S/C16H15NO3/c1-2-19-13-7-12(9-17-10-13)16(18)15-8-11-5-3-4-6-14(11)20-15/h3-10,16,18H,2H2,1H3. The molecule has 0 amide bonds. The highest BCUT2D eigenvalue weighted by molar-refractivity contribution is 5.77. The monoisotopic (exact) mass is 269 g/mol. The van der Waals surface area contributed by atoms with Gasteiger partial charge in [-0.15, -0.1) is 0 Å². The van der Waals surface area contributed by atoms with Crippen LogP contribution >= 0.6 is 0 Å². The summed E-state index contributed by atoms with van der Waals surface area (Å²) in [5, 5.41) is 11.4. The number of hydrogen-bond acceptors (Lipinski definition) is 4. The predicted molar refractivity (Wildman–Crippen MR) is 75.7 cm³/mol. The van der Waals surface area contributed by atoms with Crippen molar-refractivity contribution in [2.24, 2.45) is 0 Å². The molecule has 0 aliphatic rings. The molecule has 0 fully saturated rings. The molecule has 0 aliphatic carbocycles. The van der Waals surface area contributed by atoms with E-state index in [4.69, 9.17) is 9.15 Å². The molecule has 3 rings (SSSR count). The normalized spacial score (nSPS) is 12.5. The Balaban J connectivity index is 1.94. The predicted octanol–water partition coefficient (Wildman–Crippen LogP) is 3.31. The maximum Gasteiger partial charge on any atom is 0.138 e. The zero-order valence-electron chi connectivity index (χ0n) is 11.1. The molecule has 20 heavy (non-hydrogen) atoms. The van der Waals surface area contributed by atoms with Crippen molar-refractivity contribution in [1.82, 2.24) is 4.98 Å². The van der Waals surface area contributed by atoms with Gasteiger partial charge in [-0.25, -0.2) is 0 Å². The number of pyridine rings is 1. The molecule has 1 N–H and O–H groups in total. The average Bonchev–Trinajstić information content (AvgIpc) is 2.91. The molecule has 1 atom stereocenters. The van der Waals surface area contributed by atoms with Crippen LogP contribution in [0.25, 0.3) is 11.0 Å². The molecular formula is C16H15NO3. The van der Waals surface area contributed by atoms with Crippen molar-refractivity contribution in [3.8, 4) is 5.75 Å². The Bertz CT molecular complexity index is 687. The first-order valence-corrected chi connectivity index (χ1v) is 6.52. The lowest BCUT2D eigenvalue weighted by atomic mass is 10.1. The van der Waals surface area contributed by atoms with Crippen LogP contribution in [0, 0.1) is 0 Å². The van der Waals surface area contributed by atoms with Crippen LogP contribution in [-0.2, 0) is 0 Å². The minimum Gasteiger partial charge on any atom is -0.492 e. The molecule has 3 aromatic rings. The van der Waals surface area contributed by atoms with Crippen LogP contribution in [0.15, 0.2) is 53.2 Å². The van der Waals surface area contributed by atoms with Crippen molar-refractivity contribution in [3.63, 3.8) is 0 Å². The summed E-state index contributed by atoms with van der Waals surface area (Å²) in [6, 6.07) is 11.3. The molecule has 0 saturated carbocycles. The van der Waals surface area contributed by atoms with E-state index in [1.54, 1.807) is 18.5 Å². The summed E-state index contributed by atoms with van der Waals surface area (Å²) in [5.74, 6) is 1.14. The van der Waals surface area contributed by atoms with Crippen molar-refractivity contribution in [2.75, 3.05) is 6.61 Å². The first kappa shape index (κ1) is 12.7. The average molecular weight is 269 g/mol. The van der Waals surface area contributed by atoms with E-state index in [1.165, 1.54) is 0 Å². The fourth-order valence-electron chi connectivity index (χ4n) is 2.13. The molecular weight excluding hydrogens is 254 g/mol.